The Morgan fingerprint density at radius 2 is 2.22 bits per heavy atom. The molecule has 1 aliphatic heterocycles. The van der Waals surface area contributed by atoms with Crippen LogP contribution in [0.15, 0.2) is 35.1 Å². The number of pyridine rings is 1. The first-order valence-electron chi connectivity index (χ1n) is 8.69. The van der Waals surface area contributed by atoms with E-state index in [1.54, 1.807) is 12.4 Å². The number of nitrogens with zero attached hydrogens (tertiary/aromatic N) is 3. The molecule has 0 aliphatic carbocycles. The molecule has 1 atom stereocenters. The van der Waals surface area contributed by atoms with E-state index in [1.807, 2.05) is 32.0 Å². The molecule has 7 nitrogen and oxygen atoms in total. The van der Waals surface area contributed by atoms with Crippen molar-refractivity contribution in [2.75, 3.05) is 18.0 Å². The summed E-state index contributed by atoms with van der Waals surface area (Å²) in [5, 5.41) is 0. The predicted octanol–water partition coefficient (Wildman–Crippen LogP) is 3.76. The first-order chi connectivity index (χ1) is 12.9. The van der Waals surface area contributed by atoms with Gasteiger partial charge in [-0.15, -0.1) is 0 Å². The third kappa shape index (κ3) is 3.25. The van der Waals surface area contributed by atoms with Crippen LogP contribution in [0.2, 0.25) is 0 Å². The number of carbonyl (C=O) groups excluding carboxylic acids is 1. The summed E-state index contributed by atoms with van der Waals surface area (Å²) >= 11 is 3.62. The van der Waals surface area contributed by atoms with Crippen LogP contribution < -0.4 is 10.6 Å². The van der Waals surface area contributed by atoms with Crippen LogP contribution in [0.25, 0.3) is 22.4 Å². The van der Waals surface area contributed by atoms with E-state index in [9.17, 15) is 4.79 Å². The van der Waals surface area contributed by atoms with Gasteiger partial charge in [0.25, 0.3) is 0 Å². The molecule has 0 radical (unpaired) electrons. The predicted molar refractivity (Wildman–Crippen MR) is 108 cm³/mol. The quantitative estimate of drug-likeness (QED) is 0.660. The van der Waals surface area contributed by atoms with E-state index >= 15 is 0 Å². The fourth-order valence-electron chi connectivity index (χ4n) is 3.68. The van der Waals surface area contributed by atoms with E-state index in [1.165, 1.54) is 0 Å². The highest BCUT2D eigenvalue weighted by molar-refractivity contribution is 9.10. The number of halogens is 1. The van der Waals surface area contributed by atoms with Crippen LogP contribution in [-0.4, -0.2) is 39.7 Å². The van der Waals surface area contributed by atoms with Gasteiger partial charge in [0.05, 0.1) is 33.3 Å². The van der Waals surface area contributed by atoms with Crippen LogP contribution in [0.4, 0.5) is 10.5 Å². The summed E-state index contributed by atoms with van der Waals surface area (Å²) in [5.74, 6) is 0.757. The molecule has 2 aromatic heterocycles. The second-order valence-corrected chi connectivity index (χ2v) is 7.97. The molecule has 27 heavy (non-hydrogen) atoms. The lowest BCUT2D eigenvalue weighted by atomic mass is 10.1. The van der Waals surface area contributed by atoms with Crippen molar-refractivity contribution in [2.24, 2.45) is 5.73 Å². The van der Waals surface area contributed by atoms with Crippen LogP contribution in [0, 0.1) is 6.92 Å². The number of anilines is 1. The smallest absolute Gasteiger partial charge is 0.405 e. The van der Waals surface area contributed by atoms with Gasteiger partial charge in [-0.25, -0.2) is 9.78 Å². The fourth-order valence-corrected chi connectivity index (χ4v) is 4.26. The third-order valence-corrected chi connectivity index (χ3v) is 5.52. The summed E-state index contributed by atoms with van der Waals surface area (Å²) in [5.41, 5.74) is 9.53. The van der Waals surface area contributed by atoms with Gasteiger partial charge in [0.1, 0.15) is 11.4 Å². The molecule has 3 heterocycles. The Morgan fingerprint density at radius 1 is 1.41 bits per heavy atom. The van der Waals surface area contributed by atoms with Crippen LogP contribution in [0.5, 0.6) is 0 Å². The summed E-state index contributed by atoms with van der Waals surface area (Å²) in [7, 11) is 0. The molecule has 4 rings (SSSR count). The number of benzene rings is 1. The number of carbonyl (C=O) groups is 1. The summed E-state index contributed by atoms with van der Waals surface area (Å²) < 4.78 is 6.20. The number of H-pyrrole nitrogens is 1. The Balaban J connectivity index is 1.77. The van der Waals surface area contributed by atoms with Gasteiger partial charge in [-0.3, -0.25) is 4.98 Å². The molecule has 0 saturated carbocycles. The topological polar surface area (TPSA) is 97.1 Å². The number of rotatable bonds is 3. The van der Waals surface area contributed by atoms with E-state index in [-0.39, 0.29) is 0 Å². The van der Waals surface area contributed by atoms with Crippen molar-refractivity contribution < 1.29 is 9.53 Å². The lowest BCUT2D eigenvalue weighted by Gasteiger charge is -2.26. The number of hydrogen-bond donors (Lipinski definition) is 2. The molecular weight excluding hydrogens is 410 g/mol. The molecule has 1 aliphatic rings. The minimum absolute atomic E-state index is 0.546. The Kier molecular flexibility index (Phi) is 4.30. The highest BCUT2D eigenvalue weighted by Crippen LogP contribution is 2.40. The summed E-state index contributed by atoms with van der Waals surface area (Å²) in [6.45, 7) is 5.22. The minimum atomic E-state index is -0.749. The summed E-state index contributed by atoms with van der Waals surface area (Å²) in [6.07, 6.45) is 3.51. The van der Waals surface area contributed by atoms with Gasteiger partial charge in [0.2, 0.25) is 0 Å². The zero-order chi connectivity index (χ0) is 19.2. The zero-order valence-corrected chi connectivity index (χ0v) is 16.7. The van der Waals surface area contributed by atoms with Gasteiger partial charge < -0.3 is 20.4 Å². The normalized spacial score (nSPS) is 19.6. The number of imidazole rings is 1. The van der Waals surface area contributed by atoms with Crippen LogP contribution in [0.1, 0.15) is 18.9 Å². The van der Waals surface area contributed by atoms with Gasteiger partial charge in [-0.1, -0.05) is 12.1 Å². The third-order valence-electron chi connectivity index (χ3n) is 4.94. The second-order valence-electron chi connectivity index (χ2n) is 7.12. The fraction of sp³-hybridized carbons (Fsp3) is 0.316. The average molecular weight is 430 g/mol. The van der Waals surface area contributed by atoms with Gasteiger partial charge in [0, 0.05) is 25.4 Å². The molecule has 1 amide bonds. The van der Waals surface area contributed by atoms with Crippen molar-refractivity contribution in [1.82, 2.24) is 15.0 Å². The number of fused-ring (bicyclic) bond motifs is 1. The number of hydrogen-bond acceptors (Lipinski definition) is 5. The number of primary amides is 1. The van der Waals surface area contributed by atoms with Crippen molar-refractivity contribution in [3.8, 4) is 11.4 Å². The first-order valence-corrected chi connectivity index (χ1v) is 9.48. The first kappa shape index (κ1) is 17.8. The van der Waals surface area contributed by atoms with Crippen molar-refractivity contribution in [3.63, 3.8) is 0 Å². The SMILES string of the molecule is Cc1cccc2[nH]c(-c3cncc(Br)c3N3CC[C@](C)(OC(N)=O)C3)nc12. The van der Waals surface area contributed by atoms with Crippen LogP contribution in [-0.2, 0) is 4.74 Å². The molecule has 140 valence electrons. The molecular formula is C19H20BrN5O2. The number of amides is 1. The number of aromatic nitrogens is 3. The number of ether oxygens (including phenoxy) is 1. The molecule has 0 spiro atoms. The molecule has 1 saturated heterocycles. The Labute approximate surface area is 165 Å². The molecule has 0 bridgehead atoms. The number of nitrogens with two attached hydrogens (primary N) is 1. The highest BCUT2D eigenvalue weighted by Gasteiger charge is 2.38. The van der Waals surface area contributed by atoms with Gasteiger partial charge >= 0.3 is 6.09 Å². The number of nitrogens with one attached hydrogen (secondary N) is 1. The summed E-state index contributed by atoms with van der Waals surface area (Å²) in [4.78, 5) is 25.9. The zero-order valence-electron chi connectivity index (χ0n) is 15.1. The molecule has 0 unspecified atom stereocenters. The van der Waals surface area contributed by atoms with E-state index in [2.05, 4.69) is 30.8 Å². The van der Waals surface area contributed by atoms with Crippen molar-refractivity contribution in [3.05, 3.63) is 40.6 Å². The maximum absolute atomic E-state index is 11.2. The molecule has 1 aromatic carbocycles. The highest BCUT2D eigenvalue weighted by atomic mass is 79.9. The van der Waals surface area contributed by atoms with E-state index in [0.29, 0.717) is 13.0 Å². The lowest BCUT2D eigenvalue weighted by Crippen LogP contribution is -2.37. The number of aryl methyl sites for hydroxylation is 1. The Bertz CT molecular complexity index is 1030. The van der Waals surface area contributed by atoms with Crippen LogP contribution in [0.3, 0.4) is 0 Å². The van der Waals surface area contributed by atoms with Crippen molar-refractivity contribution >= 4 is 38.7 Å². The molecule has 1 fully saturated rings. The Hall–Kier alpha value is -2.61. The van der Waals surface area contributed by atoms with Crippen molar-refractivity contribution in [1.29, 1.82) is 0 Å². The van der Waals surface area contributed by atoms with Crippen molar-refractivity contribution in [2.45, 2.75) is 25.9 Å². The average Bonchev–Trinajstić information content (AvgIpc) is 3.19. The van der Waals surface area contributed by atoms with Gasteiger partial charge in [-0.2, -0.15) is 0 Å². The van der Waals surface area contributed by atoms with Crippen LogP contribution >= 0.6 is 15.9 Å². The number of para-hydroxylation sites is 1. The molecule has 3 N–H and O–H groups in total. The Morgan fingerprint density at radius 3 is 2.96 bits per heavy atom. The largest absolute Gasteiger partial charge is 0.441 e. The lowest BCUT2D eigenvalue weighted by molar-refractivity contribution is 0.0481. The van der Waals surface area contributed by atoms with Gasteiger partial charge in [0.15, 0.2) is 0 Å². The standard InChI is InChI=1S/C19H20BrN5O2/c1-11-4-3-5-14-15(11)24-17(23-14)12-8-22-9-13(20)16(12)25-7-6-19(2,10-25)27-18(21)26/h3-5,8-9H,6-7,10H2,1-2H3,(H2,21,26)(H,23,24)/t19-/m0/s1. The monoisotopic (exact) mass is 429 g/mol. The second kappa shape index (κ2) is 6.53. The minimum Gasteiger partial charge on any atom is -0.441 e. The summed E-state index contributed by atoms with van der Waals surface area (Å²) in [6, 6.07) is 6.06. The van der Waals surface area contributed by atoms with E-state index in [4.69, 9.17) is 15.5 Å². The molecule has 8 heteroatoms. The van der Waals surface area contributed by atoms with Gasteiger partial charge in [-0.05, 0) is 41.4 Å². The van der Waals surface area contributed by atoms with E-state index < -0.39 is 11.7 Å². The maximum Gasteiger partial charge on any atom is 0.405 e. The molecule has 3 aromatic rings. The van der Waals surface area contributed by atoms with E-state index in [0.717, 1.165) is 44.7 Å². The maximum atomic E-state index is 11.2. The number of aromatic amines is 1.